The first-order chi connectivity index (χ1) is 6.68. The van der Waals surface area contributed by atoms with Crippen molar-refractivity contribution in [3.63, 3.8) is 0 Å². The van der Waals surface area contributed by atoms with Gasteiger partial charge in [-0.15, -0.1) is 0 Å². The van der Waals surface area contributed by atoms with E-state index in [2.05, 4.69) is 33.6 Å². The molecule has 0 saturated heterocycles. The van der Waals surface area contributed by atoms with Crippen molar-refractivity contribution in [1.29, 1.82) is 0 Å². The van der Waals surface area contributed by atoms with E-state index in [0.717, 1.165) is 11.3 Å². The average molecular weight is 299 g/mol. The molecule has 0 radical (unpaired) electrons. The zero-order valence-corrected chi connectivity index (χ0v) is 9.89. The van der Waals surface area contributed by atoms with Crippen molar-refractivity contribution >= 4 is 28.4 Å². The van der Waals surface area contributed by atoms with Gasteiger partial charge in [0.05, 0.1) is 6.33 Å². The van der Waals surface area contributed by atoms with E-state index in [9.17, 15) is 0 Å². The van der Waals surface area contributed by atoms with Gasteiger partial charge >= 0.3 is 0 Å². The second kappa shape index (κ2) is 3.61. The lowest BCUT2D eigenvalue weighted by atomic mass is 10.1. The predicted molar refractivity (Wildman–Crippen MR) is 65.8 cm³/mol. The third-order valence-electron chi connectivity index (χ3n) is 2.08. The maximum absolute atomic E-state index is 5.88. The van der Waals surface area contributed by atoms with Crippen LogP contribution in [0.15, 0.2) is 30.6 Å². The molecule has 2 N–H and O–H groups in total. The lowest BCUT2D eigenvalue weighted by molar-refractivity contribution is 0.925. The molecule has 2 rings (SSSR count). The van der Waals surface area contributed by atoms with Gasteiger partial charge in [-0.3, -0.25) is 0 Å². The Kier molecular flexibility index (Phi) is 2.45. The largest absolute Gasteiger partial charge is 0.383 e. The van der Waals surface area contributed by atoms with Crippen LogP contribution in [0.25, 0.3) is 11.3 Å². The normalized spacial score (nSPS) is 10.4. The Morgan fingerprint density at radius 2 is 2.21 bits per heavy atom. The Labute approximate surface area is 96.1 Å². The van der Waals surface area contributed by atoms with E-state index in [1.807, 2.05) is 29.8 Å². The lowest BCUT2D eigenvalue weighted by Crippen LogP contribution is -1.95. The van der Waals surface area contributed by atoms with E-state index in [1.54, 1.807) is 6.33 Å². The van der Waals surface area contributed by atoms with E-state index in [1.165, 1.54) is 3.57 Å². The second-order valence-corrected chi connectivity index (χ2v) is 4.35. The Morgan fingerprint density at radius 1 is 1.43 bits per heavy atom. The monoisotopic (exact) mass is 299 g/mol. The molecule has 72 valence electrons. The highest BCUT2D eigenvalue weighted by molar-refractivity contribution is 14.1. The zero-order chi connectivity index (χ0) is 10.1. The number of hydrogen-bond acceptors (Lipinski definition) is 2. The number of halogens is 1. The fourth-order valence-electron chi connectivity index (χ4n) is 1.30. The number of hydrogen-bond donors (Lipinski definition) is 1. The molecule has 1 heterocycles. The first-order valence-electron chi connectivity index (χ1n) is 4.21. The van der Waals surface area contributed by atoms with Gasteiger partial charge in [-0.2, -0.15) is 0 Å². The van der Waals surface area contributed by atoms with Crippen molar-refractivity contribution in [3.8, 4) is 11.3 Å². The standard InChI is InChI=1S/C10H10IN3/c1-14-6-13-9(10(14)12)7-3-2-4-8(11)5-7/h2-6H,12H2,1H3. The lowest BCUT2D eigenvalue weighted by Gasteiger charge is -2.00. The highest BCUT2D eigenvalue weighted by atomic mass is 127. The first kappa shape index (κ1) is 9.51. The predicted octanol–water partition coefficient (Wildman–Crippen LogP) is 2.27. The molecule has 2 aromatic rings. The quantitative estimate of drug-likeness (QED) is 0.821. The van der Waals surface area contributed by atoms with Crippen LogP contribution in [0.1, 0.15) is 0 Å². The second-order valence-electron chi connectivity index (χ2n) is 3.10. The highest BCUT2D eigenvalue weighted by Crippen LogP contribution is 2.24. The summed E-state index contributed by atoms with van der Waals surface area (Å²) < 4.78 is 3.00. The summed E-state index contributed by atoms with van der Waals surface area (Å²) in [6, 6.07) is 8.13. The summed E-state index contributed by atoms with van der Waals surface area (Å²) >= 11 is 2.28. The van der Waals surface area contributed by atoms with Crippen molar-refractivity contribution in [2.24, 2.45) is 7.05 Å². The molecule has 0 bridgehead atoms. The van der Waals surface area contributed by atoms with Gasteiger partial charge < -0.3 is 10.3 Å². The summed E-state index contributed by atoms with van der Waals surface area (Å²) in [6.45, 7) is 0. The Morgan fingerprint density at radius 3 is 2.79 bits per heavy atom. The highest BCUT2D eigenvalue weighted by Gasteiger charge is 2.07. The third kappa shape index (κ3) is 1.61. The zero-order valence-electron chi connectivity index (χ0n) is 7.74. The van der Waals surface area contributed by atoms with Gasteiger partial charge in [0.25, 0.3) is 0 Å². The molecule has 0 aliphatic heterocycles. The van der Waals surface area contributed by atoms with E-state index < -0.39 is 0 Å². The third-order valence-corrected chi connectivity index (χ3v) is 2.75. The van der Waals surface area contributed by atoms with Crippen LogP contribution in [-0.4, -0.2) is 9.55 Å². The van der Waals surface area contributed by atoms with Gasteiger partial charge in [0, 0.05) is 16.2 Å². The topological polar surface area (TPSA) is 43.8 Å². The first-order valence-corrected chi connectivity index (χ1v) is 5.29. The maximum atomic E-state index is 5.88. The van der Waals surface area contributed by atoms with Gasteiger partial charge in [0.2, 0.25) is 0 Å². The van der Waals surface area contributed by atoms with Gasteiger partial charge in [-0.25, -0.2) is 4.98 Å². The summed E-state index contributed by atoms with van der Waals surface area (Å²) in [6.07, 6.45) is 1.73. The van der Waals surface area contributed by atoms with Gasteiger partial charge in [0.1, 0.15) is 11.5 Å². The number of benzene rings is 1. The van der Waals surface area contributed by atoms with Crippen LogP contribution in [0, 0.1) is 3.57 Å². The number of rotatable bonds is 1. The molecule has 0 atom stereocenters. The average Bonchev–Trinajstić information content (AvgIpc) is 2.48. The van der Waals surface area contributed by atoms with Crippen LogP contribution >= 0.6 is 22.6 Å². The Balaban J connectivity index is 2.55. The molecule has 4 heteroatoms. The smallest absolute Gasteiger partial charge is 0.131 e. The molecular weight excluding hydrogens is 289 g/mol. The van der Waals surface area contributed by atoms with Gasteiger partial charge in [0.15, 0.2) is 0 Å². The molecule has 0 spiro atoms. The number of aryl methyl sites for hydroxylation is 1. The summed E-state index contributed by atoms with van der Waals surface area (Å²) in [5.74, 6) is 0.701. The minimum Gasteiger partial charge on any atom is -0.383 e. The SMILES string of the molecule is Cn1cnc(-c2cccc(I)c2)c1N. The number of aromatic nitrogens is 2. The van der Waals surface area contributed by atoms with Crippen LogP contribution in [0.2, 0.25) is 0 Å². The minimum absolute atomic E-state index is 0.701. The van der Waals surface area contributed by atoms with Crippen molar-refractivity contribution in [2.45, 2.75) is 0 Å². The Bertz CT molecular complexity index is 462. The molecule has 1 aromatic carbocycles. The molecule has 0 fully saturated rings. The summed E-state index contributed by atoms with van der Waals surface area (Å²) in [5, 5.41) is 0. The van der Waals surface area contributed by atoms with E-state index in [4.69, 9.17) is 5.73 Å². The number of anilines is 1. The fraction of sp³-hybridized carbons (Fsp3) is 0.100. The molecule has 0 aliphatic carbocycles. The number of imidazole rings is 1. The van der Waals surface area contributed by atoms with Crippen molar-refractivity contribution in [3.05, 3.63) is 34.2 Å². The molecule has 1 aromatic heterocycles. The molecule has 3 nitrogen and oxygen atoms in total. The van der Waals surface area contributed by atoms with E-state index in [0.29, 0.717) is 5.82 Å². The van der Waals surface area contributed by atoms with Gasteiger partial charge in [-0.1, -0.05) is 12.1 Å². The molecule has 14 heavy (non-hydrogen) atoms. The number of nitrogen functional groups attached to an aromatic ring is 1. The minimum atomic E-state index is 0.701. The molecular formula is C10H10IN3. The number of nitrogens with zero attached hydrogens (tertiary/aromatic N) is 2. The summed E-state index contributed by atoms with van der Waals surface area (Å²) in [4.78, 5) is 4.26. The van der Waals surface area contributed by atoms with E-state index >= 15 is 0 Å². The Hall–Kier alpha value is -1.04. The van der Waals surface area contributed by atoms with Crippen molar-refractivity contribution in [2.75, 3.05) is 5.73 Å². The maximum Gasteiger partial charge on any atom is 0.131 e. The van der Waals surface area contributed by atoms with Crippen LogP contribution < -0.4 is 5.73 Å². The van der Waals surface area contributed by atoms with Gasteiger partial charge in [-0.05, 0) is 34.7 Å². The van der Waals surface area contributed by atoms with Crippen LogP contribution in [0.3, 0.4) is 0 Å². The van der Waals surface area contributed by atoms with Crippen LogP contribution in [-0.2, 0) is 7.05 Å². The van der Waals surface area contributed by atoms with Crippen LogP contribution in [0.4, 0.5) is 5.82 Å². The molecule has 0 aliphatic rings. The van der Waals surface area contributed by atoms with E-state index in [-0.39, 0.29) is 0 Å². The van der Waals surface area contributed by atoms with Crippen LogP contribution in [0.5, 0.6) is 0 Å². The fourth-order valence-corrected chi connectivity index (χ4v) is 1.84. The molecule has 0 unspecified atom stereocenters. The van der Waals surface area contributed by atoms with Crippen molar-refractivity contribution in [1.82, 2.24) is 9.55 Å². The summed E-state index contributed by atoms with van der Waals surface area (Å²) in [7, 11) is 1.89. The van der Waals surface area contributed by atoms with Crippen molar-refractivity contribution < 1.29 is 0 Å². The molecule has 0 amide bonds. The number of nitrogens with two attached hydrogens (primary N) is 1. The molecule has 0 saturated carbocycles. The summed E-state index contributed by atoms with van der Waals surface area (Å²) in [5.41, 5.74) is 7.80.